The van der Waals surface area contributed by atoms with Crippen molar-refractivity contribution in [2.45, 2.75) is 45.3 Å². The van der Waals surface area contributed by atoms with Crippen LogP contribution in [0.1, 0.15) is 44.4 Å². The summed E-state index contributed by atoms with van der Waals surface area (Å²) in [5, 5.41) is 9.80. The third-order valence-electron chi connectivity index (χ3n) is 3.88. The minimum atomic E-state index is -1.10. The van der Waals surface area contributed by atoms with E-state index >= 15 is 0 Å². The van der Waals surface area contributed by atoms with E-state index in [1.807, 2.05) is 18.2 Å². The highest BCUT2D eigenvalue weighted by Gasteiger charge is 2.33. The first-order valence-electron chi connectivity index (χ1n) is 8.94. The van der Waals surface area contributed by atoms with E-state index in [0.717, 1.165) is 5.56 Å². The van der Waals surface area contributed by atoms with Crippen LogP contribution in [0.2, 0.25) is 0 Å². The Labute approximate surface area is 159 Å². The molecule has 0 aliphatic rings. The molecule has 0 bridgehead atoms. The summed E-state index contributed by atoms with van der Waals surface area (Å²) in [4.78, 5) is 30.1. The predicted molar refractivity (Wildman–Crippen MR) is 102 cm³/mol. The molecule has 0 aliphatic heterocycles. The Balaban J connectivity index is 2.21. The van der Waals surface area contributed by atoms with Gasteiger partial charge in [0, 0.05) is 18.9 Å². The lowest BCUT2D eigenvalue weighted by Gasteiger charge is -2.31. The molecule has 2 rings (SSSR count). The van der Waals surface area contributed by atoms with E-state index in [0.29, 0.717) is 18.4 Å². The molecular formula is C21H26N2O4. The van der Waals surface area contributed by atoms with Crippen LogP contribution in [0, 0.1) is 0 Å². The molecule has 1 N–H and O–H groups in total. The smallest absolute Gasteiger partial charge is 0.411 e. The summed E-state index contributed by atoms with van der Waals surface area (Å²) < 4.78 is 5.47. The van der Waals surface area contributed by atoms with Crippen LogP contribution in [0.3, 0.4) is 0 Å². The molecule has 6 nitrogen and oxygen atoms in total. The average Bonchev–Trinajstić information content (AvgIpc) is 2.61. The molecular weight excluding hydrogens is 344 g/mol. The third-order valence-corrected chi connectivity index (χ3v) is 3.88. The number of hydrogen-bond acceptors (Lipinski definition) is 4. The van der Waals surface area contributed by atoms with Gasteiger partial charge in [-0.25, -0.2) is 9.59 Å². The Kier molecular flexibility index (Phi) is 6.93. The fourth-order valence-electron chi connectivity index (χ4n) is 2.74. The highest BCUT2D eigenvalue weighted by Crippen LogP contribution is 2.24. The summed E-state index contributed by atoms with van der Waals surface area (Å²) in [7, 11) is 0. The standard InChI is InChI=1S/C21H26N2O4/c1-21(2,3)27-20(26)23(14-8-10-16-9-7-13-22-15-16)18(19(24)25)17-11-5-4-6-12-17/h4-7,9,11-13,15,18H,8,10,14H2,1-3H3,(H,24,25)/t18-/m0/s1. The number of nitrogens with zero attached hydrogens (tertiary/aromatic N) is 2. The topological polar surface area (TPSA) is 79.7 Å². The van der Waals surface area contributed by atoms with Crippen LogP contribution in [0.15, 0.2) is 54.9 Å². The minimum Gasteiger partial charge on any atom is -0.479 e. The van der Waals surface area contributed by atoms with Gasteiger partial charge in [-0.1, -0.05) is 36.4 Å². The largest absolute Gasteiger partial charge is 0.479 e. The van der Waals surface area contributed by atoms with Crippen molar-refractivity contribution in [2.24, 2.45) is 0 Å². The number of hydrogen-bond donors (Lipinski definition) is 1. The van der Waals surface area contributed by atoms with E-state index in [-0.39, 0.29) is 6.54 Å². The molecule has 144 valence electrons. The van der Waals surface area contributed by atoms with Gasteiger partial charge >= 0.3 is 12.1 Å². The number of ether oxygens (including phenoxy) is 1. The van der Waals surface area contributed by atoms with Crippen LogP contribution in [0.5, 0.6) is 0 Å². The van der Waals surface area contributed by atoms with E-state index in [1.165, 1.54) is 4.90 Å². The second-order valence-electron chi connectivity index (χ2n) is 7.29. The first-order chi connectivity index (χ1) is 12.8. The van der Waals surface area contributed by atoms with Crippen LogP contribution in [-0.2, 0) is 16.0 Å². The van der Waals surface area contributed by atoms with Gasteiger partial charge in [-0.3, -0.25) is 9.88 Å². The number of amides is 1. The van der Waals surface area contributed by atoms with E-state index in [2.05, 4.69) is 4.98 Å². The fraction of sp³-hybridized carbons (Fsp3) is 0.381. The van der Waals surface area contributed by atoms with Gasteiger partial charge in [-0.05, 0) is 50.8 Å². The van der Waals surface area contributed by atoms with Crippen molar-refractivity contribution in [3.63, 3.8) is 0 Å². The number of aliphatic carboxylic acids is 1. The number of aromatic nitrogens is 1. The van der Waals surface area contributed by atoms with Crippen molar-refractivity contribution in [3.05, 3.63) is 66.0 Å². The maximum Gasteiger partial charge on any atom is 0.411 e. The first-order valence-corrected chi connectivity index (χ1v) is 8.94. The number of aryl methyl sites for hydroxylation is 1. The molecule has 1 aromatic carbocycles. The number of carboxylic acids is 1. The van der Waals surface area contributed by atoms with Gasteiger partial charge in [0.15, 0.2) is 6.04 Å². The van der Waals surface area contributed by atoms with Crippen molar-refractivity contribution in [3.8, 4) is 0 Å². The van der Waals surface area contributed by atoms with Gasteiger partial charge in [-0.15, -0.1) is 0 Å². The number of carbonyl (C=O) groups excluding carboxylic acids is 1. The summed E-state index contributed by atoms with van der Waals surface area (Å²) in [6.07, 6.45) is 4.12. The number of carbonyl (C=O) groups is 2. The Morgan fingerprint density at radius 3 is 2.41 bits per heavy atom. The number of pyridine rings is 1. The fourth-order valence-corrected chi connectivity index (χ4v) is 2.74. The van der Waals surface area contributed by atoms with Gasteiger partial charge in [0.05, 0.1) is 0 Å². The molecule has 0 fully saturated rings. The third kappa shape index (κ3) is 6.40. The molecule has 2 aromatic rings. The van der Waals surface area contributed by atoms with Crippen molar-refractivity contribution < 1.29 is 19.4 Å². The Hall–Kier alpha value is -2.89. The highest BCUT2D eigenvalue weighted by molar-refractivity contribution is 5.81. The second-order valence-corrected chi connectivity index (χ2v) is 7.29. The average molecular weight is 370 g/mol. The SMILES string of the molecule is CC(C)(C)OC(=O)N(CCCc1cccnc1)[C@H](C(=O)O)c1ccccc1. The monoisotopic (exact) mass is 370 g/mol. The summed E-state index contributed by atoms with van der Waals surface area (Å²) in [5.74, 6) is -1.09. The molecule has 0 spiro atoms. The zero-order chi connectivity index (χ0) is 19.9. The van der Waals surface area contributed by atoms with Crippen LogP contribution >= 0.6 is 0 Å². The van der Waals surface area contributed by atoms with Crippen LogP contribution in [0.25, 0.3) is 0 Å². The lowest BCUT2D eigenvalue weighted by Crippen LogP contribution is -2.42. The van der Waals surface area contributed by atoms with Crippen molar-refractivity contribution in [1.29, 1.82) is 0 Å². The minimum absolute atomic E-state index is 0.260. The van der Waals surface area contributed by atoms with E-state index in [1.54, 1.807) is 57.4 Å². The summed E-state index contributed by atoms with van der Waals surface area (Å²) >= 11 is 0. The van der Waals surface area contributed by atoms with Gasteiger partial charge in [0.2, 0.25) is 0 Å². The Morgan fingerprint density at radius 2 is 1.85 bits per heavy atom. The normalized spacial score (nSPS) is 12.3. The summed E-state index contributed by atoms with van der Waals surface area (Å²) in [5.41, 5.74) is 0.865. The molecule has 0 saturated carbocycles. The lowest BCUT2D eigenvalue weighted by atomic mass is 10.0. The molecule has 0 unspecified atom stereocenters. The summed E-state index contributed by atoms with van der Waals surface area (Å²) in [6, 6.07) is 11.4. The van der Waals surface area contributed by atoms with E-state index < -0.39 is 23.7 Å². The van der Waals surface area contributed by atoms with Crippen molar-refractivity contribution >= 4 is 12.1 Å². The molecule has 0 aliphatic carbocycles. The van der Waals surface area contributed by atoms with Gasteiger partial charge in [-0.2, -0.15) is 0 Å². The molecule has 0 saturated heterocycles. The summed E-state index contributed by atoms with van der Waals surface area (Å²) in [6.45, 7) is 5.54. The van der Waals surface area contributed by atoms with Crippen molar-refractivity contribution in [1.82, 2.24) is 9.88 Å². The maximum absolute atomic E-state index is 12.7. The number of benzene rings is 1. The zero-order valence-corrected chi connectivity index (χ0v) is 16.0. The van der Waals surface area contributed by atoms with Crippen LogP contribution in [0.4, 0.5) is 4.79 Å². The number of rotatable bonds is 7. The molecule has 27 heavy (non-hydrogen) atoms. The quantitative estimate of drug-likeness (QED) is 0.794. The molecule has 1 heterocycles. The van der Waals surface area contributed by atoms with Gasteiger partial charge < -0.3 is 9.84 Å². The lowest BCUT2D eigenvalue weighted by molar-refractivity contribution is -0.143. The maximum atomic E-state index is 12.7. The first kappa shape index (κ1) is 20.4. The van der Waals surface area contributed by atoms with Gasteiger partial charge in [0.1, 0.15) is 5.60 Å². The van der Waals surface area contributed by atoms with Gasteiger partial charge in [0.25, 0.3) is 0 Å². The zero-order valence-electron chi connectivity index (χ0n) is 16.0. The van der Waals surface area contributed by atoms with E-state index in [9.17, 15) is 14.7 Å². The van der Waals surface area contributed by atoms with Crippen molar-refractivity contribution in [2.75, 3.05) is 6.54 Å². The van der Waals surface area contributed by atoms with E-state index in [4.69, 9.17) is 4.74 Å². The van der Waals surface area contributed by atoms with Crippen LogP contribution in [-0.4, -0.2) is 39.2 Å². The molecule has 1 aromatic heterocycles. The number of carboxylic acid groups (broad SMARTS) is 1. The molecule has 1 atom stereocenters. The highest BCUT2D eigenvalue weighted by atomic mass is 16.6. The predicted octanol–water partition coefficient (Wildman–Crippen LogP) is 4.08. The molecule has 6 heteroatoms. The second kappa shape index (κ2) is 9.16. The Morgan fingerprint density at radius 1 is 1.15 bits per heavy atom. The molecule has 0 radical (unpaired) electrons. The Bertz CT molecular complexity index is 742. The molecule has 1 amide bonds. The van der Waals surface area contributed by atoms with Crippen LogP contribution < -0.4 is 0 Å².